The zero-order valence-corrected chi connectivity index (χ0v) is 11.7. The second kappa shape index (κ2) is 5.89. The summed E-state index contributed by atoms with van der Waals surface area (Å²) < 4.78 is 0. The fourth-order valence-electron chi connectivity index (χ4n) is 1.77. The minimum absolute atomic E-state index is 0.287. The molecule has 1 aliphatic heterocycles. The first-order valence-electron chi connectivity index (χ1n) is 6.26. The van der Waals surface area contributed by atoms with Crippen LogP contribution in [0, 0.1) is 5.41 Å². The third-order valence-electron chi connectivity index (χ3n) is 3.19. The summed E-state index contributed by atoms with van der Waals surface area (Å²) in [6, 6.07) is -1.34. The van der Waals surface area contributed by atoms with E-state index in [1.165, 1.54) is 18.7 Å². The summed E-state index contributed by atoms with van der Waals surface area (Å²) in [7, 11) is 0. The summed E-state index contributed by atoms with van der Waals surface area (Å²) in [5, 5.41) is 13.6. The molecule has 8 heteroatoms. The number of imide groups is 1. The van der Waals surface area contributed by atoms with Crippen LogP contribution in [-0.4, -0.2) is 53.0 Å². The minimum atomic E-state index is -1.25. The van der Waals surface area contributed by atoms with Gasteiger partial charge in [-0.1, -0.05) is 0 Å². The molecule has 112 valence electrons. The molecule has 0 aromatic rings. The van der Waals surface area contributed by atoms with E-state index < -0.39 is 29.4 Å². The second-order valence-electron chi connectivity index (χ2n) is 5.38. The first-order valence-corrected chi connectivity index (χ1v) is 6.26. The average molecular weight is 285 g/mol. The number of carbonyl (C=O) groups is 4. The summed E-state index contributed by atoms with van der Waals surface area (Å²) >= 11 is 0. The molecule has 0 aromatic heterocycles. The zero-order valence-electron chi connectivity index (χ0n) is 11.7. The molecule has 8 nitrogen and oxygen atoms in total. The Balaban J connectivity index is 2.60. The first-order chi connectivity index (χ1) is 9.15. The number of aliphatic carboxylic acids is 1. The molecule has 1 heterocycles. The first kappa shape index (κ1) is 15.9. The van der Waals surface area contributed by atoms with Gasteiger partial charge in [0.25, 0.3) is 0 Å². The van der Waals surface area contributed by atoms with Gasteiger partial charge >= 0.3 is 12.0 Å². The number of carboxylic acids is 1. The van der Waals surface area contributed by atoms with Crippen molar-refractivity contribution in [2.45, 2.75) is 33.2 Å². The molecule has 0 aromatic carbocycles. The number of nitrogens with one attached hydrogen (secondary N) is 2. The molecule has 0 saturated carbocycles. The van der Waals surface area contributed by atoms with Crippen LogP contribution < -0.4 is 10.6 Å². The van der Waals surface area contributed by atoms with E-state index in [0.717, 1.165) is 0 Å². The molecule has 1 rings (SSSR count). The van der Waals surface area contributed by atoms with Gasteiger partial charge in [0.2, 0.25) is 11.8 Å². The lowest BCUT2D eigenvalue weighted by Crippen LogP contribution is -2.59. The minimum Gasteiger partial charge on any atom is -0.481 e. The third-order valence-corrected chi connectivity index (χ3v) is 3.19. The quantitative estimate of drug-likeness (QED) is 0.649. The van der Waals surface area contributed by atoms with Crippen molar-refractivity contribution in [3.05, 3.63) is 0 Å². The fourth-order valence-corrected chi connectivity index (χ4v) is 1.77. The van der Waals surface area contributed by atoms with E-state index in [1.54, 1.807) is 6.92 Å². The number of nitrogens with zero attached hydrogens (tertiary/aromatic N) is 1. The van der Waals surface area contributed by atoms with Gasteiger partial charge in [-0.2, -0.15) is 0 Å². The van der Waals surface area contributed by atoms with Crippen LogP contribution in [-0.2, 0) is 14.4 Å². The third kappa shape index (κ3) is 3.69. The molecule has 1 unspecified atom stereocenters. The maximum atomic E-state index is 11.9. The molecular weight excluding hydrogens is 266 g/mol. The van der Waals surface area contributed by atoms with Crippen LogP contribution in [0.4, 0.5) is 4.79 Å². The molecule has 4 amide bonds. The normalized spacial score (nSPS) is 19.2. The molecule has 0 bridgehead atoms. The van der Waals surface area contributed by atoms with Crippen molar-refractivity contribution in [1.82, 2.24) is 15.5 Å². The lowest BCUT2D eigenvalue weighted by atomic mass is 9.89. The molecular formula is C12H19N3O5. The highest BCUT2D eigenvalue weighted by Crippen LogP contribution is 2.20. The van der Waals surface area contributed by atoms with Gasteiger partial charge in [-0.15, -0.1) is 0 Å². The number of urea groups is 1. The van der Waals surface area contributed by atoms with Crippen molar-refractivity contribution in [3.8, 4) is 0 Å². The van der Waals surface area contributed by atoms with Gasteiger partial charge in [0.15, 0.2) is 0 Å². The SMILES string of the molecule is CC1C(=O)NCCN1C(=O)NC(=O)CC(C)(C)C(=O)O. The van der Waals surface area contributed by atoms with Crippen molar-refractivity contribution < 1.29 is 24.3 Å². The number of hydrogen-bond donors (Lipinski definition) is 3. The van der Waals surface area contributed by atoms with Gasteiger partial charge in [0.1, 0.15) is 6.04 Å². The Morgan fingerprint density at radius 3 is 2.60 bits per heavy atom. The zero-order chi connectivity index (χ0) is 15.5. The van der Waals surface area contributed by atoms with E-state index >= 15 is 0 Å². The Morgan fingerprint density at radius 1 is 1.45 bits per heavy atom. The van der Waals surface area contributed by atoms with E-state index in [0.29, 0.717) is 13.1 Å². The Kier molecular flexibility index (Phi) is 4.69. The Bertz CT molecular complexity index is 446. The van der Waals surface area contributed by atoms with Crippen molar-refractivity contribution in [3.63, 3.8) is 0 Å². The summed E-state index contributed by atoms with van der Waals surface area (Å²) in [4.78, 5) is 47.1. The van der Waals surface area contributed by atoms with Crippen LogP contribution in [0.15, 0.2) is 0 Å². The van der Waals surface area contributed by atoms with E-state index in [9.17, 15) is 19.2 Å². The van der Waals surface area contributed by atoms with Crippen LogP contribution >= 0.6 is 0 Å². The van der Waals surface area contributed by atoms with Crippen LogP contribution in [0.3, 0.4) is 0 Å². The van der Waals surface area contributed by atoms with E-state index in [-0.39, 0.29) is 12.3 Å². The number of rotatable bonds is 3. The molecule has 3 N–H and O–H groups in total. The van der Waals surface area contributed by atoms with Crippen LogP contribution in [0.5, 0.6) is 0 Å². The average Bonchev–Trinajstić information content (AvgIpc) is 2.31. The van der Waals surface area contributed by atoms with Crippen molar-refractivity contribution in [2.75, 3.05) is 13.1 Å². The summed E-state index contributed by atoms with van der Waals surface area (Å²) in [6.45, 7) is 4.98. The van der Waals surface area contributed by atoms with Crippen LogP contribution in [0.2, 0.25) is 0 Å². The maximum Gasteiger partial charge on any atom is 0.324 e. The van der Waals surface area contributed by atoms with Gasteiger partial charge in [-0.25, -0.2) is 4.79 Å². The van der Waals surface area contributed by atoms with E-state index in [2.05, 4.69) is 10.6 Å². The molecule has 20 heavy (non-hydrogen) atoms. The molecule has 0 radical (unpaired) electrons. The predicted octanol–water partition coefficient (Wildman–Crippen LogP) is -0.456. The monoisotopic (exact) mass is 285 g/mol. The number of amides is 4. The number of carbonyl (C=O) groups excluding carboxylic acids is 3. The van der Waals surface area contributed by atoms with Gasteiger partial charge in [-0.3, -0.25) is 19.7 Å². The van der Waals surface area contributed by atoms with Crippen LogP contribution in [0.25, 0.3) is 0 Å². The van der Waals surface area contributed by atoms with Crippen LogP contribution in [0.1, 0.15) is 27.2 Å². The maximum absolute atomic E-state index is 11.9. The van der Waals surface area contributed by atoms with E-state index in [1.807, 2.05) is 0 Å². The predicted molar refractivity (Wildman–Crippen MR) is 68.8 cm³/mol. The Labute approximate surface area is 116 Å². The molecule has 1 fully saturated rings. The van der Waals surface area contributed by atoms with Crippen molar-refractivity contribution >= 4 is 23.8 Å². The van der Waals surface area contributed by atoms with Gasteiger partial charge in [0, 0.05) is 19.5 Å². The number of hydrogen-bond acceptors (Lipinski definition) is 4. The largest absolute Gasteiger partial charge is 0.481 e. The standard InChI is InChI=1S/C12H19N3O5/c1-7-9(17)13-4-5-15(7)11(20)14-8(16)6-12(2,3)10(18)19/h7H,4-6H2,1-3H3,(H,13,17)(H,18,19)(H,14,16,20). The van der Waals surface area contributed by atoms with E-state index in [4.69, 9.17) is 5.11 Å². The highest BCUT2D eigenvalue weighted by Gasteiger charge is 2.33. The Hall–Kier alpha value is -2.12. The van der Waals surface area contributed by atoms with Crippen molar-refractivity contribution in [2.24, 2.45) is 5.41 Å². The highest BCUT2D eigenvalue weighted by atomic mass is 16.4. The number of piperazine rings is 1. The molecule has 1 saturated heterocycles. The van der Waals surface area contributed by atoms with Gasteiger partial charge in [0.05, 0.1) is 5.41 Å². The topological polar surface area (TPSA) is 116 Å². The lowest BCUT2D eigenvalue weighted by molar-refractivity contribution is -0.149. The second-order valence-corrected chi connectivity index (χ2v) is 5.38. The summed E-state index contributed by atoms with van der Waals surface area (Å²) in [5.74, 6) is -2.09. The van der Waals surface area contributed by atoms with Gasteiger partial charge < -0.3 is 15.3 Å². The molecule has 1 aliphatic rings. The lowest BCUT2D eigenvalue weighted by Gasteiger charge is -2.32. The molecule has 0 spiro atoms. The smallest absolute Gasteiger partial charge is 0.324 e. The number of carboxylic acid groups (broad SMARTS) is 1. The van der Waals surface area contributed by atoms with Gasteiger partial charge in [-0.05, 0) is 20.8 Å². The van der Waals surface area contributed by atoms with Crippen molar-refractivity contribution in [1.29, 1.82) is 0 Å². The summed E-state index contributed by atoms with van der Waals surface area (Å²) in [6.07, 6.45) is -0.317. The molecule has 1 atom stereocenters. The fraction of sp³-hybridized carbons (Fsp3) is 0.667. The molecule has 0 aliphatic carbocycles. The Morgan fingerprint density at radius 2 is 2.05 bits per heavy atom. The summed E-state index contributed by atoms with van der Waals surface area (Å²) in [5.41, 5.74) is -1.25. The highest BCUT2D eigenvalue weighted by molar-refractivity contribution is 5.98.